The largest absolute Gasteiger partial charge is 0.350 e. The summed E-state index contributed by atoms with van der Waals surface area (Å²) in [7, 11) is 3.62. The van der Waals surface area contributed by atoms with Crippen LogP contribution in [0.2, 0.25) is 0 Å². The number of imidazole rings is 1. The first-order valence-electron chi connectivity index (χ1n) is 9.28. The van der Waals surface area contributed by atoms with Gasteiger partial charge in [0.1, 0.15) is 5.82 Å². The van der Waals surface area contributed by atoms with Crippen LogP contribution < -0.4 is 10.6 Å². The number of nitrogens with zero attached hydrogens (tertiary/aromatic N) is 3. The maximum atomic E-state index is 12.5. The van der Waals surface area contributed by atoms with Crippen molar-refractivity contribution in [2.75, 3.05) is 12.4 Å². The Bertz CT molecular complexity index is 1040. The van der Waals surface area contributed by atoms with Crippen molar-refractivity contribution in [2.24, 2.45) is 7.05 Å². The van der Waals surface area contributed by atoms with Crippen molar-refractivity contribution in [1.82, 2.24) is 19.8 Å². The van der Waals surface area contributed by atoms with E-state index in [0.717, 1.165) is 27.0 Å². The Morgan fingerprint density at radius 3 is 2.52 bits per heavy atom. The van der Waals surface area contributed by atoms with Gasteiger partial charge in [-0.25, -0.2) is 9.78 Å². The third-order valence-electron chi connectivity index (χ3n) is 4.48. The van der Waals surface area contributed by atoms with Crippen LogP contribution in [0.5, 0.6) is 0 Å². The summed E-state index contributed by atoms with van der Waals surface area (Å²) in [5.74, 6) is 0.606. The Labute approximate surface area is 178 Å². The number of aryl methyl sites for hydroxylation is 1. The number of nitrogens with one attached hydrogen (secondary N) is 2. The average Bonchev–Trinajstić information content (AvgIpc) is 2.98. The number of urea groups is 1. The molecule has 0 fully saturated rings. The summed E-state index contributed by atoms with van der Waals surface area (Å²) >= 11 is 3.38. The second kappa shape index (κ2) is 8.65. The molecule has 7 nitrogen and oxygen atoms in total. The maximum Gasteiger partial charge on any atom is 0.321 e. The third kappa shape index (κ3) is 4.95. The van der Waals surface area contributed by atoms with E-state index in [0.29, 0.717) is 12.1 Å². The minimum Gasteiger partial charge on any atom is -0.350 e. The molecule has 29 heavy (non-hydrogen) atoms. The Morgan fingerprint density at radius 2 is 1.86 bits per heavy atom. The Balaban J connectivity index is 1.75. The molecular formula is C21H24BrN5O2. The predicted molar refractivity (Wildman–Crippen MR) is 118 cm³/mol. The lowest BCUT2D eigenvalue weighted by molar-refractivity contribution is 0.0943. The van der Waals surface area contributed by atoms with Crippen molar-refractivity contribution in [2.45, 2.75) is 26.4 Å². The minimum absolute atomic E-state index is 0.0652. The van der Waals surface area contributed by atoms with Crippen molar-refractivity contribution in [3.63, 3.8) is 0 Å². The van der Waals surface area contributed by atoms with Gasteiger partial charge in [0.2, 0.25) is 0 Å². The number of benzene rings is 2. The molecule has 0 aliphatic heterocycles. The number of hydrogen-bond acceptors (Lipinski definition) is 3. The SMILES string of the molecule is CC(C)NC(=O)c1ccc2c(c1)nc(CN(C)C(=O)Nc1ccc(Br)cc1)n2C. The minimum atomic E-state index is -0.226. The summed E-state index contributed by atoms with van der Waals surface area (Å²) in [6.45, 7) is 4.18. The highest BCUT2D eigenvalue weighted by atomic mass is 79.9. The first kappa shape index (κ1) is 20.9. The lowest BCUT2D eigenvalue weighted by Crippen LogP contribution is -2.31. The molecule has 1 heterocycles. The van der Waals surface area contributed by atoms with E-state index in [1.54, 1.807) is 24.1 Å². The number of halogens is 1. The molecule has 0 radical (unpaired) electrons. The van der Waals surface area contributed by atoms with E-state index in [1.807, 2.05) is 55.8 Å². The average molecular weight is 458 g/mol. The second-order valence-electron chi connectivity index (χ2n) is 7.21. The Kier molecular flexibility index (Phi) is 6.22. The van der Waals surface area contributed by atoms with Crippen LogP contribution in [-0.2, 0) is 13.6 Å². The van der Waals surface area contributed by atoms with E-state index >= 15 is 0 Å². The summed E-state index contributed by atoms with van der Waals surface area (Å²) in [5, 5.41) is 5.74. The highest BCUT2D eigenvalue weighted by Gasteiger charge is 2.16. The second-order valence-corrected chi connectivity index (χ2v) is 8.13. The molecule has 0 aliphatic carbocycles. The number of carbonyl (C=O) groups excluding carboxylic acids is 2. The molecule has 0 bridgehead atoms. The highest BCUT2D eigenvalue weighted by molar-refractivity contribution is 9.10. The molecule has 0 unspecified atom stereocenters. The van der Waals surface area contributed by atoms with Crippen LogP contribution in [0.25, 0.3) is 11.0 Å². The van der Waals surface area contributed by atoms with Gasteiger partial charge in [0.05, 0.1) is 17.6 Å². The van der Waals surface area contributed by atoms with Gasteiger partial charge in [0.15, 0.2) is 0 Å². The zero-order valence-electron chi connectivity index (χ0n) is 16.9. The molecule has 0 spiro atoms. The molecule has 0 aliphatic rings. The number of hydrogen-bond donors (Lipinski definition) is 2. The molecule has 1 aromatic heterocycles. The summed E-state index contributed by atoms with van der Waals surface area (Å²) in [6, 6.07) is 12.7. The fourth-order valence-electron chi connectivity index (χ4n) is 2.91. The highest BCUT2D eigenvalue weighted by Crippen LogP contribution is 2.19. The zero-order valence-corrected chi connectivity index (χ0v) is 18.4. The quantitative estimate of drug-likeness (QED) is 0.603. The smallest absolute Gasteiger partial charge is 0.321 e. The molecule has 2 N–H and O–H groups in total. The topological polar surface area (TPSA) is 79.3 Å². The van der Waals surface area contributed by atoms with Gasteiger partial charge < -0.3 is 20.1 Å². The normalized spacial score (nSPS) is 11.0. The lowest BCUT2D eigenvalue weighted by atomic mass is 10.2. The summed E-state index contributed by atoms with van der Waals surface area (Å²) < 4.78 is 2.88. The monoisotopic (exact) mass is 457 g/mol. The van der Waals surface area contributed by atoms with Crippen LogP contribution >= 0.6 is 15.9 Å². The summed E-state index contributed by atoms with van der Waals surface area (Å²) in [4.78, 5) is 30.9. The lowest BCUT2D eigenvalue weighted by Gasteiger charge is -2.17. The number of amides is 3. The van der Waals surface area contributed by atoms with Crippen LogP contribution in [0, 0.1) is 0 Å². The molecule has 0 saturated heterocycles. The van der Waals surface area contributed by atoms with Gasteiger partial charge in [-0.2, -0.15) is 0 Å². The van der Waals surface area contributed by atoms with Crippen LogP contribution in [0.15, 0.2) is 46.9 Å². The molecule has 2 aromatic carbocycles. The van der Waals surface area contributed by atoms with Gasteiger partial charge >= 0.3 is 6.03 Å². The third-order valence-corrected chi connectivity index (χ3v) is 5.00. The van der Waals surface area contributed by atoms with Crippen molar-refractivity contribution in [3.8, 4) is 0 Å². The first-order chi connectivity index (χ1) is 13.7. The number of rotatable bonds is 5. The van der Waals surface area contributed by atoms with Crippen molar-refractivity contribution >= 4 is 44.6 Å². The van der Waals surface area contributed by atoms with Gasteiger partial charge in [0, 0.05) is 35.9 Å². The molecule has 152 valence electrons. The van der Waals surface area contributed by atoms with Gasteiger partial charge in [0.25, 0.3) is 5.91 Å². The molecule has 0 saturated carbocycles. The van der Waals surface area contributed by atoms with Crippen molar-refractivity contribution in [1.29, 1.82) is 0 Å². The predicted octanol–water partition coefficient (Wildman–Crippen LogP) is 4.14. The standard InChI is InChI=1S/C21H24BrN5O2/c1-13(2)23-20(28)14-5-10-18-17(11-14)25-19(27(18)4)12-26(3)21(29)24-16-8-6-15(22)7-9-16/h5-11,13H,12H2,1-4H3,(H,23,28)(H,24,29). The number of fused-ring (bicyclic) bond motifs is 1. The van der Waals surface area contributed by atoms with Gasteiger partial charge in [-0.3, -0.25) is 4.79 Å². The number of anilines is 1. The van der Waals surface area contributed by atoms with E-state index in [2.05, 4.69) is 31.5 Å². The van der Waals surface area contributed by atoms with E-state index in [1.165, 1.54) is 0 Å². The molecular weight excluding hydrogens is 434 g/mol. The number of aromatic nitrogens is 2. The van der Waals surface area contributed by atoms with Crippen molar-refractivity contribution < 1.29 is 9.59 Å². The van der Waals surface area contributed by atoms with E-state index in [9.17, 15) is 9.59 Å². The van der Waals surface area contributed by atoms with Gasteiger partial charge in [-0.05, 0) is 56.3 Å². The maximum absolute atomic E-state index is 12.5. The fourth-order valence-corrected chi connectivity index (χ4v) is 3.18. The van der Waals surface area contributed by atoms with Gasteiger partial charge in [-0.1, -0.05) is 15.9 Å². The molecule has 0 atom stereocenters. The van der Waals surface area contributed by atoms with E-state index < -0.39 is 0 Å². The Hall–Kier alpha value is -2.87. The van der Waals surface area contributed by atoms with Crippen LogP contribution in [0.1, 0.15) is 30.0 Å². The van der Waals surface area contributed by atoms with Crippen molar-refractivity contribution in [3.05, 3.63) is 58.3 Å². The van der Waals surface area contributed by atoms with E-state index in [4.69, 9.17) is 0 Å². The van der Waals surface area contributed by atoms with E-state index in [-0.39, 0.29) is 18.0 Å². The fraction of sp³-hybridized carbons (Fsp3) is 0.286. The summed E-state index contributed by atoms with van der Waals surface area (Å²) in [6.07, 6.45) is 0. The molecule has 8 heteroatoms. The van der Waals surface area contributed by atoms with Crippen LogP contribution in [-0.4, -0.2) is 39.5 Å². The molecule has 3 amide bonds. The van der Waals surface area contributed by atoms with Crippen LogP contribution in [0.3, 0.4) is 0 Å². The number of carbonyl (C=O) groups is 2. The Morgan fingerprint density at radius 1 is 1.17 bits per heavy atom. The molecule has 3 rings (SSSR count). The van der Waals surface area contributed by atoms with Crippen LogP contribution in [0.4, 0.5) is 10.5 Å². The zero-order chi connectivity index (χ0) is 21.1. The van der Waals surface area contributed by atoms with Gasteiger partial charge in [-0.15, -0.1) is 0 Å². The first-order valence-corrected chi connectivity index (χ1v) is 10.1. The molecule has 3 aromatic rings. The summed E-state index contributed by atoms with van der Waals surface area (Å²) in [5.41, 5.74) is 2.91.